The van der Waals surface area contributed by atoms with E-state index in [1.807, 2.05) is 6.92 Å². The first-order chi connectivity index (χ1) is 13.1. The van der Waals surface area contributed by atoms with Gasteiger partial charge in [-0.3, -0.25) is 9.69 Å². The molecule has 1 aromatic heterocycles. The Hall–Kier alpha value is -1.76. The van der Waals surface area contributed by atoms with Crippen LogP contribution in [0, 0.1) is 13.8 Å². The molecule has 6 heteroatoms. The Bertz CT molecular complexity index is 751. The molecule has 1 atom stereocenters. The first-order valence-electron chi connectivity index (χ1n) is 9.71. The number of thiazole rings is 1. The zero-order valence-corrected chi connectivity index (χ0v) is 17.3. The van der Waals surface area contributed by atoms with Crippen LogP contribution in [-0.4, -0.2) is 48.6 Å². The number of carbonyl (C=O) groups is 1. The number of morpholine rings is 1. The van der Waals surface area contributed by atoms with Crippen LogP contribution < -0.4 is 5.32 Å². The number of ether oxygens (including phenoxy) is 1. The summed E-state index contributed by atoms with van der Waals surface area (Å²) in [6.07, 6.45) is 1.97. The Labute approximate surface area is 165 Å². The maximum Gasteiger partial charge on any atom is 0.263 e. The van der Waals surface area contributed by atoms with Gasteiger partial charge in [-0.25, -0.2) is 4.98 Å². The van der Waals surface area contributed by atoms with Gasteiger partial charge in [-0.15, -0.1) is 11.3 Å². The van der Waals surface area contributed by atoms with Gasteiger partial charge in [0.05, 0.1) is 30.0 Å². The highest BCUT2D eigenvalue weighted by molar-refractivity contribution is 7.13. The molecule has 1 saturated heterocycles. The molecule has 1 N–H and O–H groups in total. The van der Waals surface area contributed by atoms with E-state index < -0.39 is 0 Å². The molecule has 0 radical (unpaired) electrons. The molecule has 0 bridgehead atoms. The highest BCUT2D eigenvalue weighted by atomic mass is 32.1. The minimum absolute atomic E-state index is 0.0160. The number of nitrogens with one attached hydrogen (secondary N) is 1. The summed E-state index contributed by atoms with van der Waals surface area (Å²) in [4.78, 5) is 20.4. The van der Waals surface area contributed by atoms with E-state index in [1.54, 1.807) is 0 Å². The van der Waals surface area contributed by atoms with E-state index in [-0.39, 0.29) is 11.9 Å². The number of aryl methyl sites for hydroxylation is 3. The molecule has 0 aliphatic carbocycles. The van der Waals surface area contributed by atoms with Crippen LogP contribution in [0.2, 0.25) is 0 Å². The summed E-state index contributed by atoms with van der Waals surface area (Å²) in [7, 11) is 0. The van der Waals surface area contributed by atoms with Gasteiger partial charge in [0.2, 0.25) is 0 Å². The van der Waals surface area contributed by atoms with Crippen molar-refractivity contribution in [1.82, 2.24) is 15.2 Å². The quantitative estimate of drug-likeness (QED) is 0.790. The lowest BCUT2D eigenvalue weighted by Gasteiger charge is -2.35. The summed E-state index contributed by atoms with van der Waals surface area (Å²) < 4.78 is 5.51. The van der Waals surface area contributed by atoms with E-state index in [9.17, 15) is 4.79 Å². The second-order valence-electron chi connectivity index (χ2n) is 7.06. The first kappa shape index (κ1) is 20.0. The molecule has 1 aliphatic rings. The van der Waals surface area contributed by atoms with Crippen molar-refractivity contribution in [3.8, 4) is 0 Å². The zero-order chi connectivity index (χ0) is 19.2. The van der Waals surface area contributed by atoms with Gasteiger partial charge in [0.25, 0.3) is 5.91 Å². The Morgan fingerprint density at radius 3 is 2.63 bits per heavy atom. The fourth-order valence-corrected chi connectivity index (χ4v) is 4.47. The second kappa shape index (κ2) is 9.44. The molecule has 146 valence electrons. The number of hydrogen-bond donors (Lipinski definition) is 1. The summed E-state index contributed by atoms with van der Waals surface area (Å²) in [5.41, 5.74) is 3.31. The molecule has 1 aromatic carbocycles. The molecule has 1 aliphatic heterocycles. The molecule has 0 saturated carbocycles. The number of nitrogens with zero attached hydrogens (tertiary/aromatic N) is 2. The lowest BCUT2D eigenvalue weighted by molar-refractivity contribution is 0.0162. The van der Waals surface area contributed by atoms with Crippen LogP contribution in [0.3, 0.4) is 0 Å². The van der Waals surface area contributed by atoms with Crippen molar-refractivity contribution in [2.75, 3.05) is 32.8 Å². The molecule has 1 amide bonds. The van der Waals surface area contributed by atoms with Gasteiger partial charge in [-0.1, -0.05) is 36.8 Å². The summed E-state index contributed by atoms with van der Waals surface area (Å²) in [6.45, 7) is 9.98. The normalized spacial score (nSPS) is 16.3. The summed E-state index contributed by atoms with van der Waals surface area (Å²) in [6, 6.07) is 8.75. The van der Waals surface area contributed by atoms with Crippen LogP contribution >= 0.6 is 11.3 Å². The van der Waals surface area contributed by atoms with E-state index in [1.165, 1.54) is 22.5 Å². The van der Waals surface area contributed by atoms with E-state index in [0.717, 1.165) is 54.7 Å². The third-order valence-corrected chi connectivity index (χ3v) is 6.13. The number of hydrogen-bond acceptors (Lipinski definition) is 5. The molecule has 2 aromatic rings. The number of benzene rings is 1. The van der Waals surface area contributed by atoms with E-state index >= 15 is 0 Å². The first-order valence-corrected chi connectivity index (χ1v) is 10.5. The van der Waals surface area contributed by atoms with E-state index in [4.69, 9.17) is 4.74 Å². The topological polar surface area (TPSA) is 54.5 Å². The highest BCUT2D eigenvalue weighted by Gasteiger charge is 2.24. The largest absolute Gasteiger partial charge is 0.379 e. The standard InChI is InChI=1S/C21H29N3O2S/c1-4-5-19-23-16(3)20(27-19)21(25)22-14-18(24-10-12-26-13-11-24)17-8-6-15(2)7-9-17/h6-9,18H,4-5,10-14H2,1-3H3,(H,22,25). The van der Waals surface area contributed by atoms with Crippen LogP contribution in [0.15, 0.2) is 24.3 Å². The molecule has 1 fully saturated rings. The average molecular weight is 388 g/mol. The smallest absolute Gasteiger partial charge is 0.263 e. The summed E-state index contributed by atoms with van der Waals surface area (Å²) in [5.74, 6) is -0.0160. The second-order valence-corrected chi connectivity index (χ2v) is 8.14. The molecule has 27 heavy (non-hydrogen) atoms. The summed E-state index contributed by atoms with van der Waals surface area (Å²) >= 11 is 1.52. The lowest BCUT2D eigenvalue weighted by Crippen LogP contribution is -2.43. The number of amides is 1. The van der Waals surface area contributed by atoms with E-state index in [0.29, 0.717) is 6.54 Å². The van der Waals surface area contributed by atoms with Gasteiger partial charge < -0.3 is 10.1 Å². The van der Waals surface area contributed by atoms with Crippen LogP contribution in [-0.2, 0) is 11.2 Å². The van der Waals surface area contributed by atoms with Gasteiger partial charge in [0.1, 0.15) is 4.88 Å². The van der Waals surface area contributed by atoms with Crippen molar-refractivity contribution < 1.29 is 9.53 Å². The van der Waals surface area contributed by atoms with Gasteiger partial charge >= 0.3 is 0 Å². The Balaban J connectivity index is 1.72. The minimum Gasteiger partial charge on any atom is -0.379 e. The maximum absolute atomic E-state index is 12.8. The molecule has 3 rings (SSSR count). The van der Waals surface area contributed by atoms with Gasteiger partial charge in [-0.05, 0) is 32.3 Å². The van der Waals surface area contributed by atoms with Crippen molar-refractivity contribution in [1.29, 1.82) is 0 Å². The SMILES string of the molecule is CCCc1nc(C)c(C(=O)NCC(c2ccc(C)cc2)N2CCOCC2)s1. The van der Waals surface area contributed by atoms with Crippen LogP contribution in [0.4, 0.5) is 0 Å². The lowest BCUT2D eigenvalue weighted by atomic mass is 10.0. The molecule has 5 nitrogen and oxygen atoms in total. The van der Waals surface area contributed by atoms with Gasteiger partial charge in [0.15, 0.2) is 0 Å². The van der Waals surface area contributed by atoms with Crippen molar-refractivity contribution in [2.24, 2.45) is 0 Å². The third-order valence-electron chi connectivity index (χ3n) is 4.92. The monoisotopic (exact) mass is 387 g/mol. The molecule has 1 unspecified atom stereocenters. The van der Waals surface area contributed by atoms with Crippen molar-refractivity contribution in [3.05, 3.63) is 51.0 Å². The highest BCUT2D eigenvalue weighted by Crippen LogP contribution is 2.23. The molecule has 2 heterocycles. The zero-order valence-electron chi connectivity index (χ0n) is 16.5. The predicted octanol–water partition coefficient (Wildman–Crippen LogP) is 3.52. The van der Waals surface area contributed by atoms with Gasteiger partial charge in [0, 0.05) is 19.6 Å². The summed E-state index contributed by atoms with van der Waals surface area (Å²) in [5, 5.41) is 4.20. The predicted molar refractivity (Wildman–Crippen MR) is 109 cm³/mol. The third kappa shape index (κ3) is 5.15. The molecular formula is C21H29N3O2S. The van der Waals surface area contributed by atoms with Crippen LogP contribution in [0.25, 0.3) is 0 Å². The Morgan fingerprint density at radius 2 is 1.96 bits per heavy atom. The van der Waals surface area contributed by atoms with E-state index in [2.05, 4.69) is 53.3 Å². The number of aromatic nitrogens is 1. The van der Waals surface area contributed by atoms with Crippen molar-refractivity contribution in [3.63, 3.8) is 0 Å². The van der Waals surface area contributed by atoms with Crippen molar-refractivity contribution in [2.45, 2.75) is 39.7 Å². The fraction of sp³-hybridized carbons (Fsp3) is 0.524. The number of carbonyl (C=O) groups excluding carboxylic acids is 1. The number of rotatable bonds is 7. The van der Waals surface area contributed by atoms with Gasteiger partial charge in [-0.2, -0.15) is 0 Å². The van der Waals surface area contributed by atoms with Crippen molar-refractivity contribution >= 4 is 17.2 Å². The molecular weight excluding hydrogens is 358 g/mol. The minimum atomic E-state index is -0.0160. The Morgan fingerprint density at radius 1 is 1.26 bits per heavy atom. The average Bonchev–Trinajstić information content (AvgIpc) is 3.05. The Kier molecular flexibility index (Phi) is 6.99. The fourth-order valence-electron chi connectivity index (χ4n) is 3.39. The molecule has 0 spiro atoms. The van der Waals surface area contributed by atoms with Crippen LogP contribution in [0.1, 0.15) is 50.9 Å². The maximum atomic E-state index is 12.8. The van der Waals surface area contributed by atoms with Crippen LogP contribution in [0.5, 0.6) is 0 Å².